The minimum absolute atomic E-state index is 0.0119. The Hall–Kier alpha value is -3.50. The Morgan fingerprint density at radius 1 is 1.00 bits per heavy atom. The first-order valence-electron chi connectivity index (χ1n) is 8.48. The number of carbonyl (C=O) groups is 1. The fraction of sp³-hybridized carbons (Fsp3) is 0.0952. The van der Waals surface area contributed by atoms with Crippen molar-refractivity contribution in [2.75, 3.05) is 5.75 Å². The van der Waals surface area contributed by atoms with Crippen LogP contribution in [0.1, 0.15) is 6.92 Å². The summed E-state index contributed by atoms with van der Waals surface area (Å²) in [5.41, 5.74) is 8.91. The van der Waals surface area contributed by atoms with Gasteiger partial charge in [0, 0.05) is 16.8 Å². The Labute approximate surface area is 167 Å². The van der Waals surface area contributed by atoms with Crippen molar-refractivity contribution < 1.29 is 4.79 Å². The molecule has 0 aliphatic rings. The SMILES string of the molecule is CC(N)=C(C#N)C(=O)CSc1nnc(-c2ccccc2)c(-c2ccccc2)n1. The maximum atomic E-state index is 12.2. The van der Waals surface area contributed by atoms with E-state index in [1.54, 1.807) is 0 Å². The van der Waals surface area contributed by atoms with Gasteiger partial charge in [0.05, 0.1) is 5.75 Å². The normalized spacial score (nSPS) is 11.4. The number of hydrogen-bond acceptors (Lipinski definition) is 7. The van der Waals surface area contributed by atoms with Gasteiger partial charge < -0.3 is 5.73 Å². The summed E-state index contributed by atoms with van der Waals surface area (Å²) in [5.74, 6) is -0.345. The fourth-order valence-corrected chi connectivity index (χ4v) is 3.19. The molecule has 138 valence electrons. The Kier molecular flexibility index (Phi) is 6.14. The lowest BCUT2D eigenvalue weighted by Gasteiger charge is -2.09. The second-order valence-corrected chi connectivity index (χ2v) is 6.85. The minimum atomic E-state index is -0.357. The van der Waals surface area contributed by atoms with Crippen molar-refractivity contribution in [3.63, 3.8) is 0 Å². The van der Waals surface area contributed by atoms with E-state index in [-0.39, 0.29) is 22.8 Å². The molecule has 3 aromatic rings. The molecule has 6 nitrogen and oxygen atoms in total. The second-order valence-electron chi connectivity index (χ2n) is 5.91. The van der Waals surface area contributed by atoms with E-state index in [1.165, 1.54) is 6.92 Å². The molecule has 1 aromatic heterocycles. The average molecular weight is 387 g/mol. The van der Waals surface area contributed by atoms with Crippen LogP contribution in [-0.4, -0.2) is 26.7 Å². The zero-order valence-corrected chi connectivity index (χ0v) is 16.0. The molecule has 0 atom stereocenters. The van der Waals surface area contributed by atoms with Gasteiger partial charge in [0.1, 0.15) is 23.0 Å². The van der Waals surface area contributed by atoms with E-state index in [0.717, 1.165) is 22.9 Å². The molecule has 1 heterocycles. The molecule has 0 unspecified atom stereocenters. The number of carbonyl (C=O) groups excluding carboxylic acids is 1. The highest BCUT2D eigenvalue weighted by Crippen LogP contribution is 2.29. The average Bonchev–Trinajstić information content (AvgIpc) is 2.73. The molecule has 0 amide bonds. The lowest BCUT2D eigenvalue weighted by atomic mass is 10.0. The van der Waals surface area contributed by atoms with Crippen LogP contribution < -0.4 is 5.73 Å². The van der Waals surface area contributed by atoms with Crippen LogP contribution in [0.3, 0.4) is 0 Å². The molecule has 0 aliphatic heterocycles. The van der Waals surface area contributed by atoms with Crippen molar-refractivity contribution >= 4 is 17.5 Å². The van der Waals surface area contributed by atoms with Crippen LogP contribution in [0.5, 0.6) is 0 Å². The highest BCUT2D eigenvalue weighted by molar-refractivity contribution is 7.99. The largest absolute Gasteiger partial charge is 0.401 e. The van der Waals surface area contributed by atoms with E-state index in [1.807, 2.05) is 66.7 Å². The molecule has 0 bridgehead atoms. The van der Waals surface area contributed by atoms with Gasteiger partial charge in [0.2, 0.25) is 5.16 Å². The van der Waals surface area contributed by atoms with Gasteiger partial charge >= 0.3 is 0 Å². The first kappa shape index (κ1) is 19.3. The number of nitrogens with two attached hydrogens (primary N) is 1. The predicted octanol–water partition coefficient (Wildman–Crippen LogP) is 3.62. The molecule has 7 heteroatoms. The van der Waals surface area contributed by atoms with E-state index in [2.05, 4.69) is 15.2 Å². The number of rotatable bonds is 6. The summed E-state index contributed by atoms with van der Waals surface area (Å²) >= 11 is 1.13. The summed E-state index contributed by atoms with van der Waals surface area (Å²) in [7, 11) is 0. The van der Waals surface area contributed by atoms with Crippen LogP contribution in [0.15, 0.2) is 77.1 Å². The lowest BCUT2D eigenvalue weighted by molar-refractivity contribution is -0.112. The summed E-state index contributed by atoms with van der Waals surface area (Å²) in [6.07, 6.45) is 0. The first-order valence-corrected chi connectivity index (χ1v) is 9.46. The van der Waals surface area contributed by atoms with Gasteiger partial charge in [-0.2, -0.15) is 5.26 Å². The lowest BCUT2D eigenvalue weighted by Crippen LogP contribution is -2.10. The van der Waals surface area contributed by atoms with Gasteiger partial charge in [0.15, 0.2) is 5.78 Å². The van der Waals surface area contributed by atoms with Crippen LogP contribution in [0.4, 0.5) is 0 Å². The predicted molar refractivity (Wildman–Crippen MR) is 109 cm³/mol. The van der Waals surface area contributed by atoms with Crippen LogP contribution in [0, 0.1) is 11.3 Å². The van der Waals surface area contributed by atoms with Gasteiger partial charge in [-0.25, -0.2) is 4.98 Å². The molecule has 0 aliphatic carbocycles. The fourth-order valence-electron chi connectivity index (χ4n) is 2.53. The van der Waals surface area contributed by atoms with Crippen LogP contribution in [0.2, 0.25) is 0 Å². The monoisotopic (exact) mass is 387 g/mol. The molecule has 0 spiro atoms. The van der Waals surface area contributed by atoms with Crippen LogP contribution in [-0.2, 0) is 4.79 Å². The number of hydrogen-bond donors (Lipinski definition) is 1. The molecule has 0 radical (unpaired) electrons. The molecule has 0 fully saturated rings. The van der Waals surface area contributed by atoms with E-state index < -0.39 is 0 Å². The highest BCUT2D eigenvalue weighted by atomic mass is 32.2. The van der Waals surface area contributed by atoms with Crippen molar-refractivity contribution in [1.29, 1.82) is 5.26 Å². The number of nitriles is 1. The van der Waals surface area contributed by atoms with Crippen molar-refractivity contribution in [2.45, 2.75) is 12.1 Å². The van der Waals surface area contributed by atoms with E-state index in [4.69, 9.17) is 11.0 Å². The number of nitrogens with zero attached hydrogens (tertiary/aromatic N) is 4. The van der Waals surface area contributed by atoms with Crippen LogP contribution >= 0.6 is 11.8 Å². The van der Waals surface area contributed by atoms with E-state index >= 15 is 0 Å². The Bertz CT molecular complexity index is 1060. The van der Waals surface area contributed by atoms with Gasteiger partial charge in [-0.15, -0.1) is 10.2 Å². The maximum Gasteiger partial charge on any atom is 0.210 e. The Morgan fingerprint density at radius 2 is 1.57 bits per heavy atom. The molecule has 28 heavy (non-hydrogen) atoms. The zero-order chi connectivity index (χ0) is 19.9. The third-order valence-electron chi connectivity index (χ3n) is 3.88. The standard InChI is InChI=1S/C21H17N5OS/c1-14(23)17(12-22)18(27)13-28-21-24-19(15-8-4-2-5-9-15)20(25-26-21)16-10-6-3-7-11-16/h2-11H,13,23H2,1H3. The molecule has 2 N–H and O–H groups in total. The number of Topliss-reactive ketones (excluding diaryl/α,β-unsaturated/α-hetero) is 1. The molecule has 0 saturated carbocycles. The Balaban J connectivity index is 1.94. The number of benzene rings is 2. The van der Waals surface area contributed by atoms with E-state index in [0.29, 0.717) is 16.5 Å². The topological polar surface area (TPSA) is 106 Å². The summed E-state index contributed by atoms with van der Waals surface area (Å²) in [6, 6.07) is 21.2. The number of aromatic nitrogens is 3. The van der Waals surface area contributed by atoms with Gasteiger partial charge in [-0.3, -0.25) is 4.79 Å². The van der Waals surface area contributed by atoms with Gasteiger partial charge in [0.25, 0.3) is 0 Å². The number of ketones is 1. The molecule has 3 rings (SSSR count). The minimum Gasteiger partial charge on any atom is -0.401 e. The summed E-state index contributed by atoms with van der Waals surface area (Å²) < 4.78 is 0. The van der Waals surface area contributed by atoms with E-state index in [9.17, 15) is 4.79 Å². The maximum absolute atomic E-state index is 12.2. The third-order valence-corrected chi connectivity index (χ3v) is 4.72. The zero-order valence-electron chi connectivity index (χ0n) is 15.2. The second kappa shape index (κ2) is 8.93. The third kappa shape index (κ3) is 4.42. The molecule has 2 aromatic carbocycles. The Morgan fingerprint density at radius 3 is 2.11 bits per heavy atom. The van der Waals surface area contributed by atoms with Crippen molar-refractivity contribution in [1.82, 2.24) is 15.2 Å². The van der Waals surface area contributed by atoms with Crippen molar-refractivity contribution in [2.24, 2.45) is 5.73 Å². The van der Waals surface area contributed by atoms with Crippen LogP contribution in [0.25, 0.3) is 22.5 Å². The molecular formula is C21H17N5OS. The highest BCUT2D eigenvalue weighted by Gasteiger charge is 2.16. The summed E-state index contributed by atoms with van der Waals surface area (Å²) in [5, 5.41) is 17.9. The van der Waals surface area contributed by atoms with Gasteiger partial charge in [-0.05, 0) is 6.92 Å². The summed E-state index contributed by atoms with van der Waals surface area (Å²) in [6.45, 7) is 1.53. The number of thioether (sulfide) groups is 1. The molecular weight excluding hydrogens is 370 g/mol. The summed E-state index contributed by atoms with van der Waals surface area (Å²) in [4.78, 5) is 16.8. The first-order chi connectivity index (χ1) is 13.6. The van der Waals surface area contributed by atoms with Crippen molar-refractivity contribution in [3.05, 3.63) is 71.9 Å². The molecule has 0 saturated heterocycles. The van der Waals surface area contributed by atoms with Crippen molar-refractivity contribution in [3.8, 4) is 28.6 Å². The quantitative estimate of drug-likeness (QED) is 0.391. The number of allylic oxidation sites excluding steroid dienone is 2. The van der Waals surface area contributed by atoms with Gasteiger partial charge in [-0.1, -0.05) is 72.4 Å². The smallest absolute Gasteiger partial charge is 0.210 e.